The molecule has 2 aromatic rings. The molecule has 2 aromatic carbocycles. The minimum absolute atomic E-state index is 0.0731. The summed E-state index contributed by atoms with van der Waals surface area (Å²) in [5, 5.41) is 2.92. The van der Waals surface area contributed by atoms with E-state index in [4.69, 9.17) is 0 Å². The standard InChI is InChI=1S/C21H25FN2O3S/c1-2-3-16-4-8-19(9-5-16)23-21(25)17-12-14-24(15-13-17)28(26,27)20-10-6-18(22)7-11-20/h4-11,17H,2-3,12-15H2,1H3,(H,23,25). The fourth-order valence-electron chi connectivity index (χ4n) is 3.40. The van der Waals surface area contributed by atoms with Crippen LogP contribution in [0.1, 0.15) is 31.7 Å². The molecular weight excluding hydrogens is 379 g/mol. The number of hydrogen-bond acceptors (Lipinski definition) is 3. The molecule has 0 bridgehead atoms. The van der Waals surface area contributed by atoms with Gasteiger partial charge in [-0.1, -0.05) is 25.5 Å². The van der Waals surface area contributed by atoms with Gasteiger partial charge in [-0.3, -0.25) is 4.79 Å². The van der Waals surface area contributed by atoms with Crippen LogP contribution in [0.15, 0.2) is 53.4 Å². The van der Waals surface area contributed by atoms with Crippen molar-refractivity contribution in [3.05, 3.63) is 59.9 Å². The van der Waals surface area contributed by atoms with Crippen LogP contribution in [-0.2, 0) is 21.2 Å². The molecule has 5 nitrogen and oxygen atoms in total. The Bertz CT molecular complexity index is 904. The quantitative estimate of drug-likeness (QED) is 0.796. The molecular formula is C21H25FN2O3S. The Labute approximate surface area is 165 Å². The average Bonchev–Trinajstić information content (AvgIpc) is 2.70. The number of benzene rings is 2. The zero-order chi connectivity index (χ0) is 20.1. The SMILES string of the molecule is CCCc1ccc(NC(=O)C2CCN(S(=O)(=O)c3ccc(F)cc3)CC2)cc1. The highest BCUT2D eigenvalue weighted by Gasteiger charge is 2.32. The zero-order valence-corrected chi connectivity index (χ0v) is 16.7. The Morgan fingerprint density at radius 1 is 1.07 bits per heavy atom. The summed E-state index contributed by atoms with van der Waals surface area (Å²) in [6.07, 6.45) is 3.00. The molecule has 1 amide bonds. The third-order valence-electron chi connectivity index (χ3n) is 5.04. The summed E-state index contributed by atoms with van der Waals surface area (Å²) in [4.78, 5) is 12.6. The van der Waals surface area contributed by atoms with Crippen LogP contribution in [0.2, 0.25) is 0 Å². The number of piperidine rings is 1. The van der Waals surface area contributed by atoms with Crippen molar-refractivity contribution in [3.63, 3.8) is 0 Å². The second-order valence-corrected chi connectivity index (χ2v) is 9.01. The highest BCUT2D eigenvalue weighted by Crippen LogP contribution is 2.25. The van der Waals surface area contributed by atoms with Crippen molar-refractivity contribution in [1.29, 1.82) is 0 Å². The molecule has 0 aromatic heterocycles. The number of sulfonamides is 1. The van der Waals surface area contributed by atoms with Gasteiger partial charge in [0.25, 0.3) is 0 Å². The molecule has 1 fully saturated rings. The fraction of sp³-hybridized carbons (Fsp3) is 0.381. The molecule has 0 aliphatic carbocycles. The van der Waals surface area contributed by atoms with Crippen LogP contribution in [-0.4, -0.2) is 31.7 Å². The number of carbonyl (C=O) groups is 1. The number of aryl methyl sites for hydroxylation is 1. The van der Waals surface area contributed by atoms with E-state index in [9.17, 15) is 17.6 Å². The highest BCUT2D eigenvalue weighted by atomic mass is 32.2. The Hall–Kier alpha value is -2.25. The molecule has 0 unspecified atom stereocenters. The number of halogens is 1. The minimum Gasteiger partial charge on any atom is -0.326 e. The van der Waals surface area contributed by atoms with Crippen molar-refractivity contribution in [2.24, 2.45) is 5.92 Å². The molecule has 0 spiro atoms. The van der Waals surface area contributed by atoms with Gasteiger partial charge in [-0.2, -0.15) is 4.31 Å². The molecule has 0 saturated carbocycles. The van der Waals surface area contributed by atoms with E-state index in [0.29, 0.717) is 12.8 Å². The summed E-state index contributed by atoms with van der Waals surface area (Å²) < 4.78 is 39.7. The van der Waals surface area contributed by atoms with Crippen molar-refractivity contribution < 1.29 is 17.6 Å². The van der Waals surface area contributed by atoms with Gasteiger partial charge in [-0.05, 0) is 61.2 Å². The third-order valence-corrected chi connectivity index (χ3v) is 6.95. The molecule has 1 aliphatic rings. The van der Waals surface area contributed by atoms with Crippen LogP contribution in [0, 0.1) is 11.7 Å². The van der Waals surface area contributed by atoms with E-state index in [0.717, 1.165) is 30.7 Å². The van der Waals surface area contributed by atoms with Crippen LogP contribution in [0.4, 0.5) is 10.1 Å². The Kier molecular flexibility index (Phi) is 6.46. The Morgan fingerprint density at radius 3 is 2.25 bits per heavy atom. The first-order valence-corrected chi connectivity index (χ1v) is 11.0. The molecule has 0 atom stereocenters. The van der Waals surface area contributed by atoms with E-state index in [2.05, 4.69) is 12.2 Å². The summed E-state index contributed by atoms with van der Waals surface area (Å²) in [5.41, 5.74) is 1.99. The van der Waals surface area contributed by atoms with E-state index in [1.807, 2.05) is 24.3 Å². The fourth-order valence-corrected chi connectivity index (χ4v) is 4.87. The summed E-state index contributed by atoms with van der Waals surface area (Å²) in [6, 6.07) is 12.6. The van der Waals surface area contributed by atoms with Crippen LogP contribution >= 0.6 is 0 Å². The summed E-state index contributed by atoms with van der Waals surface area (Å²) in [5.74, 6) is -0.783. The van der Waals surface area contributed by atoms with E-state index in [-0.39, 0.29) is 29.8 Å². The molecule has 150 valence electrons. The number of nitrogens with zero attached hydrogens (tertiary/aromatic N) is 1. The Balaban J connectivity index is 1.57. The van der Waals surface area contributed by atoms with Crippen molar-refractivity contribution >= 4 is 21.6 Å². The van der Waals surface area contributed by atoms with Crippen molar-refractivity contribution in [1.82, 2.24) is 4.31 Å². The molecule has 7 heteroatoms. The number of anilines is 1. The van der Waals surface area contributed by atoms with Gasteiger partial charge in [0.1, 0.15) is 5.82 Å². The van der Waals surface area contributed by atoms with Crippen LogP contribution in [0.25, 0.3) is 0 Å². The van der Waals surface area contributed by atoms with Gasteiger partial charge >= 0.3 is 0 Å². The summed E-state index contributed by atoms with van der Waals surface area (Å²) in [7, 11) is -3.66. The lowest BCUT2D eigenvalue weighted by Crippen LogP contribution is -2.41. The van der Waals surface area contributed by atoms with Crippen LogP contribution in [0.5, 0.6) is 0 Å². The molecule has 28 heavy (non-hydrogen) atoms. The second kappa shape index (κ2) is 8.84. The second-order valence-electron chi connectivity index (χ2n) is 7.07. The lowest BCUT2D eigenvalue weighted by atomic mass is 9.97. The van der Waals surface area contributed by atoms with Crippen molar-refractivity contribution in [2.75, 3.05) is 18.4 Å². The third kappa shape index (κ3) is 4.77. The maximum atomic E-state index is 13.0. The predicted molar refractivity (Wildman–Crippen MR) is 107 cm³/mol. The molecule has 1 aliphatic heterocycles. The molecule has 1 N–H and O–H groups in total. The van der Waals surface area contributed by atoms with Gasteiger partial charge < -0.3 is 5.32 Å². The maximum Gasteiger partial charge on any atom is 0.243 e. The average molecular weight is 405 g/mol. The number of carbonyl (C=O) groups excluding carboxylic acids is 1. The van der Waals surface area contributed by atoms with Crippen LogP contribution in [0.3, 0.4) is 0 Å². The summed E-state index contributed by atoms with van der Waals surface area (Å²) >= 11 is 0. The van der Waals surface area contributed by atoms with Gasteiger partial charge in [0.15, 0.2) is 0 Å². The van der Waals surface area contributed by atoms with E-state index >= 15 is 0 Å². The molecule has 1 heterocycles. The normalized spacial score (nSPS) is 16.1. The largest absolute Gasteiger partial charge is 0.326 e. The molecule has 1 saturated heterocycles. The number of amides is 1. The van der Waals surface area contributed by atoms with Gasteiger partial charge in [0.2, 0.25) is 15.9 Å². The van der Waals surface area contributed by atoms with Gasteiger partial charge in [0.05, 0.1) is 4.90 Å². The predicted octanol–water partition coefficient (Wildman–Crippen LogP) is 3.82. The first kappa shape index (κ1) is 20.5. The van der Waals surface area contributed by atoms with Crippen molar-refractivity contribution in [2.45, 2.75) is 37.5 Å². The molecule has 0 radical (unpaired) electrons. The Morgan fingerprint density at radius 2 is 1.68 bits per heavy atom. The number of hydrogen-bond donors (Lipinski definition) is 1. The van der Waals surface area contributed by atoms with Crippen molar-refractivity contribution in [3.8, 4) is 0 Å². The highest BCUT2D eigenvalue weighted by molar-refractivity contribution is 7.89. The van der Waals surface area contributed by atoms with Gasteiger partial charge in [-0.15, -0.1) is 0 Å². The topological polar surface area (TPSA) is 66.5 Å². The van der Waals surface area contributed by atoms with E-state index in [1.165, 1.54) is 22.0 Å². The molecule has 3 rings (SSSR count). The minimum atomic E-state index is -3.66. The van der Waals surface area contributed by atoms with Crippen LogP contribution < -0.4 is 5.32 Å². The monoisotopic (exact) mass is 404 g/mol. The van der Waals surface area contributed by atoms with Gasteiger partial charge in [-0.25, -0.2) is 12.8 Å². The van der Waals surface area contributed by atoms with E-state index in [1.54, 1.807) is 0 Å². The lowest BCUT2D eigenvalue weighted by molar-refractivity contribution is -0.120. The lowest BCUT2D eigenvalue weighted by Gasteiger charge is -2.30. The van der Waals surface area contributed by atoms with Gasteiger partial charge in [0, 0.05) is 24.7 Å². The maximum absolute atomic E-state index is 13.0. The number of rotatable bonds is 6. The zero-order valence-electron chi connectivity index (χ0n) is 15.9. The summed E-state index contributed by atoms with van der Waals surface area (Å²) in [6.45, 7) is 2.67. The first-order valence-electron chi connectivity index (χ1n) is 9.55. The van der Waals surface area contributed by atoms with E-state index < -0.39 is 15.8 Å². The smallest absolute Gasteiger partial charge is 0.243 e. The number of nitrogens with one attached hydrogen (secondary N) is 1. The first-order chi connectivity index (χ1) is 13.4.